The molecule has 26 heavy (non-hydrogen) atoms. The van der Waals surface area contributed by atoms with E-state index in [1.165, 1.54) is 25.3 Å². The number of fused-ring (bicyclic) bond motifs is 1. The number of amides is 2. The van der Waals surface area contributed by atoms with E-state index in [0.717, 1.165) is 17.0 Å². The summed E-state index contributed by atoms with van der Waals surface area (Å²) in [6, 6.07) is 8.04. The van der Waals surface area contributed by atoms with E-state index in [-0.39, 0.29) is 30.7 Å². The Balaban J connectivity index is 1.75. The van der Waals surface area contributed by atoms with Crippen LogP contribution in [0.25, 0.3) is 0 Å². The van der Waals surface area contributed by atoms with Crippen LogP contribution in [0, 0.1) is 11.6 Å². The third-order valence-electron chi connectivity index (χ3n) is 4.17. The zero-order valence-electron chi connectivity index (χ0n) is 14.3. The molecule has 0 aliphatic carbocycles. The number of nitrogens with zero attached hydrogens (tertiary/aromatic N) is 1. The largest absolute Gasteiger partial charge is 0.489 e. The van der Waals surface area contributed by atoms with Gasteiger partial charge in [0.05, 0.1) is 23.8 Å². The minimum Gasteiger partial charge on any atom is -0.489 e. The summed E-state index contributed by atoms with van der Waals surface area (Å²) in [5.74, 6) is -2.31. The molecule has 1 atom stereocenters. The molecule has 2 aromatic carbocycles. The molecular formula is C19H17F2NO4. The van der Waals surface area contributed by atoms with E-state index in [2.05, 4.69) is 0 Å². The summed E-state index contributed by atoms with van der Waals surface area (Å²) in [6.07, 6.45) is -0.277. The Morgan fingerprint density at radius 1 is 1.00 bits per heavy atom. The lowest BCUT2D eigenvalue weighted by molar-refractivity contribution is 0.0484. The predicted octanol–water partition coefficient (Wildman–Crippen LogP) is 3.17. The Morgan fingerprint density at radius 3 is 2.42 bits per heavy atom. The van der Waals surface area contributed by atoms with Crippen molar-refractivity contribution in [3.8, 4) is 5.75 Å². The Hall–Kier alpha value is -2.80. The topological polar surface area (TPSA) is 55.8 Å². The molecule has 0 radical (unpaired) electrons. The molecule has 1 unspecified atom stereocenters. The molecule has 0 saturated heterocycles. The van der Waals surface area contributed by atoms with E-state index in [9.17, 15) is 18.4 Å². The van der Waals surface area contributed by atoms with E-state index in [1.807, 2.05) is 0 Å². The summed E-state index contributed by atoms with van der Waals surface area (Å²) in [4.78, 5) is 26.0. The quantitative estimate of drug-likeness (QED) is 0.742. The number of carbonyl (C=O) groups excluding carboxylic acids is 2. The van der Waals surface area contributed by atoms with Crippen LogP contribution in [0.15, 0.2) is 36.4 Å². The van der Waals surface area contributed by atoms with Crippen LogP contribution < -0.4 is 4.74 Å². The molecule has 2 aromatic rings. The van der Waals surface area contributed by atoms with Gasteiger partial charge in [0.1, 0.15) is 12.4 Å². The van der Waals surface area contributed by atoms with Crippen molar-refractivity contribution >= 4 is 11.8 Å². The van der Waals surface area contributed by atoms with Crippen LogP contribution in [0.1, 0.15) is 33.2 Å². The molecule has 0 saturated carbocycles. The highest BCUT2D eigenvalue weighted by Crippen LogP contribution is 2.27. The Labute approximate surface area is 149 Å². The van der Waals surface area contributed by atoms with E-state index >= 15 is 0 Å². The summed E-state index contributed by atoms with van der Waals surface area (Å²) in [7, 11) is 1.51. The van der Waals surface area contributed by atoms with Crippen molar-refractivity contribution < 1.29 is 27.8 Å². The number of halogens is 2. The van der Waals surface area contributed by atoms with Crippen LogP contribution in [0.4, 0.5) is 8.78 Å². The van der Waals surface area contributed by atoms with Crippen molar-refractivity contribution in [1.82, 2.24) is 4.90 Å². The molecule has 0 fully saturated rings. The average molecular weight is 361 g/mol. The number of hydrogen-bond donors (Lipinski definition) is 0. The van der Waals surface area contributed by atoms with Gasteiger partial charge in [-0.25, -0.2) is 8.78 Å². The molecule has 3 rings (SSSR count). The summed E-state index contributed by atoms with van der Waals surface area (Å²) >= 11 is 0. The highest BCUT2D eigenvalue weighted by atomic mass is 19.2. The fourth-order valence-corrected chi connectivity index (χ4v) is 2.65. The molecule has 1 aliphatic rings. The Kier molecular flexibility index (Phi) is 4.99. The maximum Gasteiger partial charge on any atom is 0.261 e. The molecule has 2 amide bonds. The van der Waals surface area contributed by atoms with Crippen molar-refractivity contribution in [2.75, 3.05) is 13.7 Å². The molecule has 1 heterocycles. The lowest BCUT2D eigenvalue weighted by Crippen LogP contribution is -2.36. The summed E-state index contributed by atoms with van der Waals surface area (Å²) < 4.78 is 36.8. The van der Waals surface area contributed by atoms with Crippen LogP contribution in [0.5, 0.6) is 5.75 Å². The molecule has 0 N–H and O–H groups in total. The van der Waals surface area contributed by atoms with Gasteiger partial charge >= 0.3 is 0 Å². The minimum atomic E-state index is -0.955. The van der Waals surface area contributed by atoms with Crippen molar-refractivity contribution in [3.63, 3.8) is 0 Å². The summed E-state index contributed by atoms with van der Waals surface area (Å²) in [5.41, 5.74) is 1.00. The minimum absolute atomic E-state index is 0.00253. The fourth-order valence-electron chi connectivity index (χ4n) is 2.65. The molecule has 1 aliphatic heterocycles. The molecule has 0 bridgehead atoms. The number of methoxy groups -OCH3 is 1. The zero-order chi connectivity index (χ0) is 18.8. The molecule has 136 valence electrons. The Morgan fingerprint density at radius 2 is 1.73 bits per heavy atom. The Bertz CT molecular complexity index is 869. The molecule has 0 spiro atoms. The zero-order valence-corrected chi connectivity index (χ0v) is 14.3. The lowest BCUT2D eigenvalue weighted by atomic mass is 10.1. The number of ether oxygens (including phenoxy) is 2. The molecule has 5 nitrogen and oxygen atoms in total. The monoisotopic (exact) mass is 361 g/mol. The average Bonchev–Trinajstić information content (AvgIpc) is 2.87. The van der Waals surface area contributed by atoms with Gasteiger partial charge in [-0.15, -0.1) is 0 Å². The SMILES string of the molecule is COC(C)CN1C(=O)c2ccc(OCc3ccc(F)c(F)c3)cc2C1=O. The summed E-state index contributed by atoms with van der Waals surface area (Å²) in [6.45, 7) is 1.93. The van der Waals surface area contributed by atoms with Crippen molar-refractivity contribution in [3.05, 3.63) is 64.7 Å². The first-order chi connectivity index (χ1) is 12.4. The van der Waals surface area contributed by atoms with Crippen molar-refractivity contribution in [1.29, 1.82) is 0 Å². The van der Waals surface area contributed by atoms with E-state index in [4.69, 9.17) is 9.47 Å². The van der Waals surface area contributed by atoms with Crippen molar-refractivity contribution in [2.24, 2.45) is 0 Å². The first-order valence-electron chi connectivity index (χ1n) is 8.00. The van der Waals surface area contributed by atoms with Crippen LogP contribution >= 0.6 is 0 Å². The second-order valence-electron chi connectivity index (χ2n) is 6.01. The van der Waals surface area contributed by atoms with Gasteiger partial charge in [-0.2, -0.15) is 0 Å². The number of rotatable bonds is 6. The number of imide groups is 1. The number of hydrogen-bond acceptors (Lipinski definition) is 4. The number of carbonyl (C=O) groups is 2. The van der Waals surface area contributed by atoms with Gasteiger partial charge in [0.25, 0.3) is 11.8 Å². The smallest absolute Gasteiger partial charge is 0.261 e. The molecule has 0 aromatic heterocycles. The third kappa shape index (κ3) is 3.43. The molecular weight excluding hydrogens is 344 g/mol. The van der Waals surface area contributed by atoms with Gasteiger partial charge in [-0.1, -0.05) is 6.07 Å². The molecule has 7 heteroatoms. The van der Waals surface area contributed by atoms with Gasteiger partial charge in [-0.05, 0) is 42.8 Å². The van der Waals surface area contributed by atoms with Gasteiger partial charge < -0.3 is 9.47 Å². The van der Waals surface area contributed by atoms with E-state index in [1.54, 1.807) is 13.0 Å². The first-order valence-corrected chi connectivity index (χ1v) is 8.00. The third-order valence-corrected chi connectivity index (χ3v) is 4.17. The predicted molar refractivity (Wildman–Crippen MR) is 89.0 cm³/mol. The van der Waals surface area contributed by atoms with Crippen LogP contribution in [-0.2, 0) is 11.3 Å². The first kappa shape index (κ1) is 18.0. The maximum absolute atomic E-state index is 13.2. The van der Waals surface area contributed by atoms with E-state index < -0.39 is 17.5 Å². The van der Waals surface area contributed by atoms with Gasteiger partial charge in [0, 0.05) is 7.11 Å². The second-order valence-corrected chi connectivity index (χ2v) is 6.01. The standard InChI is InChI=1S/C19H17F2NO4/c1-11(25-2)9-22-18(23)14-5-4-13(8-15(14)19(22)24)26-10-12-3-6-16(20)17(21)7-12/h3-8,11H,9-10H2,1-2H3. The number of benzene rings is 2. The van der Waals surface area contributed by atoms with Crippen molar-refractivity contribution in [2.45, 2.75) is 19.6 Å². The highest BCUT2D eigenvalue weighted by molar-refractivity contribution is 6.21. The van der Waals surface area contributed by atoms with Gasteiger partial charge in [-0.3, -0.25) is 14.5 Å². The summed E-state index contributed by atoms with van der Waals surface area (Å²) in [5, 5.41) is 0. The van der Waals surface area contributed by atoms with Gasteiger partial charge in [0.15, 0.2) is 11.6 Å². The second kappa shape index (κ2) is 7.21. The normalized spacial score (nSPS) is 14.5. The fraction of sp³-hybridized carbons (Fsp3) is 0.263. The van der Waals surface area contributed by atoms with Gasteiger partial charge in [0.2, 0.25) is 0 Å². The van der Waals surface area contributed by atoms with Crippen LogP contribution in [-0.4, -0.2) is 36.5 Å². The maximum atomic E-state index is 13.2. The van der Waals surface area contributed by atoms with Crippen LogP contribution in [0.3, 0.4) is 0 Å². The van der Waals surface area contributed by atoms with Crippen LogP contribution in [0.2, 0.25) is 0 Å². The van der Waals surface area contributed by atoms with E-state index in [0.29, 0.717) is 16.9 Å². The lowest BCUT2D eigenvalue weighted by Gasteiger charge is -2.17. The highest BCUT2D eigenvalue weighted by Gasteiger charge is 2.36.